The highest BCUT2D eigenvalue weighted by atomic mass is 15.2. The molecule has 20 heavy (non-hydrogen) atoms. The zero-order valence-corrected chi connectivity index (χ0v) is 13.1. The highest BCUT2D eigenvalue weighted by molar-refractivity contribution is 5.22. The van der Waals surface area contributed by atoms with Gasteiger partial charge in [0.1, 0.15) is 0 Å². The van der Waals surface area contributed by atoms with Crippen molar-refractivity contribution in [1.82, 2.24) is 15.1 Å². The molecule has 0 saturated carbocycles. The molecular weight excluding hydrogens is 246 g/mol. The molecule has 0 aromatic heterocycles. The van der Waals surface area contributed by atoms with E-state index >= 15 is 0 Å². The van der Waals surface area contributed by atoms with Crippen LogP contribution < -0.4 is 5.32 Å². The fourth-order valence-electron chi connectivity index (χ4n) is 2.74. The van der Waals surface area contributed by atoms with Gasteiger partial charge in [-0.2, -0.15) is 0 Å². The largest absolute Gasteiger partial charge is 0.317 e. The standard InChI is InChI=1S/C17H29N3/c1-3-18-10-9-16-5-7-17(8-6-16)15-20-12-4-11-19(2)13-14-20/h5-8,18H,3-4,9-15H2,1-2H3. The lowest BCUT2D eigenvalue weighted by atomic mass is 10.1. The topological polar surface area (TPSA) is 18.5 Å². The maximum atomic E-state index is 3.38. The first kappa shape index (κ1) is 15.5. The minimum atomic E-state index is 1.06. The van der Waals surface area contributed by atoms with Crippen LogP contribution in [0.15, 0.2) is 24.3 Å². The van der Waals surface area contributed by atoms with E-state index in [0.717, 1.165) is 26.1 Å². The summed E-state index contributed by atoms with van der Waals surface area (Å²) in [5.41, 5.74) is 2.88. The van der Waals surface area contributed by atoms with Gasteiger partial charge in [0, 0.05) is 19.6 Å². The lowest BCUT2D eigenvalue weighted by Crippen LogP contribution is -2.28. The van der Waals surface area contributed by atoms with Crippen molar-refractivity contribution in [3.63, 3.8) is 0 Å². The van der Waals surface area contributed by atoms with Gasteiger partial charge in [0.15, 0.2) is 0 Å². The zero-order valence-electron chi connectivity index (χ0n) is 13.1. The van der Waals surface area contributed by atoms with E-state index in [-0.39, 0.29) is 0 Å². The van der Waals surface area contributed by atoms with Gasteiger partial charge in [-0.1, -0.05) is 31.2 Å². The smallest absolute Gasteiger partial charge is 0.0234 e. The molecule has 2 rings (SSSR count). The van der Waals surface area contributed by atoms with Crippen molar-refractivity contribution in [3.8, 4) is 0 Å². The lowest BCUT2D eigenvalue weighted by Gasteiger charge is -2.20. The molecule has 1 aliphatic rings. The van der Waals surface area contributed by atoms with E-state index < -0.39 is 0 Å². The number of rotatable bonds is 6. The second-order valence-corrected chi connectivity index (χ2v) is 5.85. The number of likely N-dealkylation sites (N-methyl/N-ethyl adjacent to an activating group) is 2. The minimum absolute atomic E-state index is 1.06. The number of nitrogens with one attached hydrogen (secondary N) is 1. The van der Waals surface area contributed by atoms with Crippen molar-refractivity contribution in [3.05, 3.63) is 35.4 Å². The molecule has 3 heteroatoms. The molecule has 1 saturated heterocycles. The first-order valence-electron chi connectivity index (χ1n) is 7.97. The van der Waals surface area contributed by atoms with Gasteiger partial charge in [0.05, 0.1) is 0 Å². The monoisotopic (exact) mass is 275 g/mol. The molecule has 0 bridgehead atoms. The molecule has 1 fully saturated rings. The van der Waals surface area contributed by atoms with E-state index in [1.807, 2.05) is 0 Å². The quantitative estimate of drug-likeness (QED) is 0.801. The Labute approximate surface area is 124 Å². The van der Waals surface area contributed by atoms with E-state index in [9.17, 15) is 0 Å². The van der Waals surface area contributed by atoms with Gasteiger partial charge < -0.3 is 10.2 Å². The number of hydrogen-bond donors (Lipinski definition) is 1. The molecule has 1 aromatic carbocycles. The van der Waals surface area contributed by atoms with E-state index in [1.165, 1.54) is 43.7 Å². The van der Waals surface area contributed by atoms with E-state index in [1.54, 1.807) is 0 Å². The maximum Gasteiger partial charge on any atom is 0.0234 e. The van der Waals surface area contributed by atoms with Gasteiger partial charge in [-0.3, -0.25) is 4.90 Å². The van der Waals surface area contributed by atoms with Crippen LogP contribution in [0.25, 0.3) is 0 Å². The average molecular weight is 275 g/mol. The van der Waals surface area contributed by atoms with Gasteiger partial charge in [-0.25, -0.2) is 0 Å². The number of nitrogens with zero attached hydrogens (tertiary/aromatic N) is 2. The van der Waals surface area contributed by atoms with E-state index in [4.69, 9.17) is 0 Å². The lowest BCUT2D eigenvalue weighted by molar-refractivity contribution is 0.269. The second-order valence-electron chi connectivity index (χ2n) is 5.85. The highest BCUT2D eigenvalue weighted by Gasteiger charge is 2.11. The van der Waals surface area contributed by atoms with Crippen LogP contribution in [0, 0.1) is 0 Å². The maximum absolute atomic E-state index is 3.38. The molecule has 1 N–H and O–H groups in total. The fourth-order valence-corrected chi connectivity index (χ4v) is 2.74. The van der Waals surface area contributed by atoms with Gasteiger partial charge in [-0.05, 0) is 57.2 Å². The SMILES string of the molecule is CCNCCc1ccc(CN2CCCN(C)CC2)cc1. The first-order valence-corrected chi connectivity index (χ1v) is 7.97. The van der Waals surface area contributed by atoms with Crippen LogP contribution in [0.1, 0.15) is 24.5 Å². The Bertz CT molecular complexity index is 374. The van der Waals surface area contributed by atoms with Crippen LogP contribution in [0.5, 0.6) is 0 Å². The van der Waals surface area contributed by atoms with Crippen LogP contribution >= 0.6 is 0 Å². The summed E-state index contributed by atoms with van der Waals surface area (Å²) in [6.07, 6.45) is 2.42. The Hall–Kier alpha value is -0.900. The van der Waals surface area contributed by atoms with Crippen molar-refractivity contribution in [2.24, 2.45) is 0 Å². The normalized spacial score (nSPS) is 18.1. The summed E-state index contributed by atoms with van der Waals surface area (Å²) < 4.78 is 0. The summed E-state index contributed by atoms with van der Waals surface area (Å²) >= 11 is 0. The average Bonchev–Trinajstić information content (AvgIpc) is 2.66. The molecule has 0 amide bonds. The third-order valence-electron chi connectivity index (χ3n) is 4.08. The van der Waals surface area contributed by atoms with Gasteiger partial charge in [-0.15, -0.1) is 0 Å². The van der Waals surface area contributed by atoms with Crippen molar-refractivity contribution in [1.29, 1.82) is 0 Å². The summed E-state index contributed by atoms with van der Waals surface area (Å²) in [6, 6.07) is 9.18. The van der Waals surface area contributed by atoms with Crippen LogP contribution in [0.2, 0.25) is 0 Å². The number of hydrogen-bond acceptors (Lipinski definition) is 3. The van der Waals surface area contributed by atoms with Crippen molar-refractivity contribution < 1.29 is 0 Å². The van der Waals surface area contributed by atoms with Crippen molar-refractivity contribution in [2.45, 2.75) is 26.3 Å². The third kappa shape index (κ3) is 5.23. The Balaban J connectivity index is 1.80. The molecule has 1 aliphatic heterocycles. The van der Waals surface area contributed by atoms with Crippen LogP contribution in [-0.4, -0.2) is 56.1 Å². The third-order valence-corrected chi connectivity index (χ3v) is 4.08. The first-order chi connectivity index (χ1) is 9.78. The molecular formula is C17H29N3. The summed E-state index contributed by atoms with van der Waals surface area (Å²) in [5.74, 6) is 0. The van der Waals surface area contributed by atoms with Crippen LogP contribution in [0.3, 0.4) is 0 Å². The minimum Gasteiger partial charge on any atom is -0.317 e. The van der Waals surface area contributed by atoms with Gasteiger partial charge in [0.25, 0.3) is 0 Å². The molecule has 3 nitrogen and oxygen atoms in total. The molecule has 1 aromatic rings. The zero-order chi connectivity index (χ0) is 14.2. The van der Waals surface area contributed by atoms with Crippen LogP contribution in [0.4, 0.5) is 0 Å². The number of benzene rings is 1. The highest BCUT2D eigenvalue weighted by Crippen LogP contribution is 2.10. The van der Waals surface area contributed by atoms with E-state index in [2.05, 4.69) is 53.4 Å². The van der Waals surface area contributed by atoms with Gasteiger partial charge >= 0.3 is 0 Å². The molecule has 0 unspecified atom stereocenters. The molecule has 0 spiro atoms. The Morgan fingerprint density at radius 3 is 2.50 bits per heavy atom. The van der Waals surface area contributed by atoms with Crippen molar-refractivity contribution in [2.75, 3.05) is 46.3 Å². The van der Waals surface area contributed by atoms with E-state index in [0.29, 0.717) is 0 Å². The Kier molecular flexibility index (Phi) is 6.51. The van der Waals surface area contributed by atoms with Gasteiger partial charge in [0.2, 0.25) is 0 Å². The Morgan fingerprint density at radius 2 is 1.75 bits per heavy atom. The summed E-state index contributed by atoms with van der Waals surface area (Å²) in [5, 5.41) is 3.38. The molecule has 1 heterocycles. The summed E-state index contributed by atoms with van der Waals surface area (Å²) in [4.78, 5) is 5.01. The Morgan fingerprint density at radius 1 is 1.00 bits per heavy atom. The summed E-state index contributed by atoms with van der Waals surface area (Å²) in [7, 11) is 2.22. The molecule has 0 atom stereocenters. The molecule has 0 radical (unpaired) electrons. The predicted molar refractivity (Wildman–Crippen MR) is 86.1 cm³/mol. The van der Waals surface area contributed by atoms with Crippen molar-refractivity contribution >= 4 is 0 Å². The molecule has 112 valence electrons. The molecule has 0 aliphatic carbocycles. The predicted octanol–water partition coefficient (Wildman–Crippen LogP) is 1.98. The second kappa shape index (κ2) is 8.40. The fraction of sp³-hybridized carbons (Fsp3) is 0.647. The summed E-state index contributed by atoms with van der Waals surface area (Å²) in [6.45, 7) is 10.2. The van der Waals surface area contributed by atoms with Crippen LogP contribution in [-0.2, 0) is 13.0 Å².